The van der Waals surface area contributed by atoms with Crippen LogP contribution in [0.5, 0.6) is 5.75 Å². The molecule has 94 valence electrons. The van der Waals surface area contributed by atoms with E-state index in [1.54, 1.807) is 12.1 Å². The first-order valence-corrected chi connectivity index (χ1v) is 5.63. The Bertz CT molecular complexity index is 337. The quantitative estimate of drug-likeness (QED) is 0.882. The van der Waals surface area contributed by atoms with Crippen LogP contribution < -0.4 is 10.1 Å². The molecule has 0 aliphatic carbocycles. The molecule has 1 N–H and O–H groups in total. The van der Waals surface area contributed by atoms with Gasteiger partial charge in [0.05, 0.1) is 0 Å². The summed E-state index contributed by atoms with van der Waals surface area (Å²) in [6.07, 6.45) is 1.94. The second kappa shape index (κ2) is 5.82. The zero-order valence-corrected chi connectivity index (χ0v) is 9.36. The van der Waals surface area contributed by atoms with Crippen molar-refractivity contribution >= 4 is 5.69 Å². The van der Waals surface area contributed by atoms with Crippen LogP contribution in [0, 0.1) is 0 Å². The molecule has 5 heteroatoms. The van der Waals surface area contributed by atoms with Gasteiger partial charge >= 0.3 is 6.61 Å². The van der Waals surface area contributed by atoms with Gasteiger partial charge in [-0.25, -0.2) is 0 Å². The third-order valence-corrected chi connectivity index (χ3v) is 2.67. The van der Waals surface area contributed by atoms with E-state index >= 15 is 0 Å². The van der Waals surface area contributed by atoms with Crippen LogP contribution in [0.15, 0.2) is 24.3 Å². The summed E-state index contributed by atoms with van der Waals surface area (Å²) in [6, 6.07) is 6.95. The van der Waals surface area contributed by atoms with Gasteiger partial charge in [0.1, 0.15) is 5.75 Å². The van der Waals surface area contributed by atoms with Crippen molar-refractivity contribution in [3.05, 3.63) is 24.3 Å². The Hall–Kier alpha value is -1.36. The highest BCUT2D eigenvalue weighted by Gasteiger charge is 2.13. The highest BCUT2D eigenvalue weighted by molar-refractivity contribution is 5.47. The first kappa shape index (κ1) is 12.1. The van der Waals surface area contributed by atoms with Crippen molar-refractivity contribution < 1.29 is 18.3 Å². The van der Waals surface area contributed by atoms with E-state index in [2.05, 4.69) is 10.1 Å². The largest absolute Gasteiger partial charge is 0.435 e. The predicted octanol–water partition coefficient (Wildman–Crippen LogP) is 2.88. The van der Waals surface area contributed by atoms with Crippen LogP contribution in [0.4, 0.5) is 14.5 Å². The number of nitrogens with one attached hydrogen (secondary N) is 1. The van der Waals surface area contributed by atoms with Gasteiger partial charge in [-0.15, -0.1) is 0 Å². The highest BCUT2D eigenvalue weighted by Crippen LogP contribution is 2.20. The molecule has 1 aliphatic heterocycles. The highest BCUT2D eigenvalue weighted by atomic mass is 19.3. The molecule has 0 spiro atoms. The van der Waals surface area contributed by atoms with Crippen LogP contribution in [0.3, 0.4) is 0 Å². The van der Waals surface area contributed by atoms with E-state index < -0.39 is 6.61 Å². The second-order valence-electron chi connectivity index (χ2n) is 3.93. The molecule has 0 saturated carbocycles. The summed E-state index contributed by atoms with van der Waals surface area (Å²) in [5.74, 6) is 0.178. The average Bonchev–Trinajstić information content (AvgIpc) is 2.32. The Morgan fingerprint density at radius 2 is 1.82 bits per heavy atom. The maximum Gasteiger partial charge on any atom is 0.387 e. The molecule has 17 heavy (non-hydrogen) atoms. The van der Waals surface area contributed by atoms with Gasteiger partial charge in [0, 0.05) is 24.9 Å². The van der Waals surface area contributed by atoms with Crippen molar-refractivity contribution in [2.45, 2.75) is 25.5 Å². The molecule has 0 atom stereocenters. The van der Waals surface area contributed by atoms with Gasteiger partial charge in [0.15, 0.2) is 0 Å². The molecule has 0 aromatic heterocycles. The van der Waals surface area contributed by atoms with Crippen molar-refractivity contribution in [1.29, 1.82) is 0 Å². The van der Waals surface area contributed by atoms with Gasteiger partial charge in [-0.2, -0.15) is 8.78 Å². The monoisotopic (exact) mass is 243 g/mol. The van der Waals surface area contributed by atoms with Crippen LogP contribution in [0.2, 0.25) is 0 Å². The van der Waals surface area contributed by atoms with Gasteiger partial charge in [-0.3, -0.25) is 0 Å². The standard InChI is InChI=1S/C12H15F2NO2/c13-12(14)17-11-3-1-9(2-4-11)15-10-5-7-16-8-6-10/h1-4,10,12,15H,5-8H2. The van der Waals surface area contributed by atoms with E-state index in [4.69, 9.17) is 4.74 Å². The summed E-state index contributed by atoms with van der Waals surface area (Å²) in [5.41, 5.74) is 0.915. The Balaban J connectivity index is 1.88. The Morgan fingerprint density at radius 1 is 1.18 bits per heavy atom. The summed E-state index contributed by atoms with van der Waals surface area (Å²) in [5, 5.41) is 3.34. The zero-order chi connectivity index (χ0) is 12.1. The van der Waals surface area contributed by atoms with Crippen LogP contribution in [0.25, 0.3) is 0 Å². The second-order valence-corrected chi connectivity index (χ2v) is 3.93. The fourth-order valence-electron chi connectivity index (χ4n) is 1.81. The van der Waals surface area contributed by atoms with Crippen molar-refractivity contribution in [1.82, 2.24) is 0 Å². The molecule has 1 heterocycles. The summed E-state index contributed by atoms with van der Waals surface area (Å²) < 4.78 is 33.4. The van der Waals surface area contributed by atoms with E-state index in [0.717, 1.165) is 31.7 Å². The number of anilines is 1. The molecule has 2 rings (SSSR count). The first-order valence-electron chi connectivity index (χ1n) is 5.63. The normalized spacial score (nSPS) is 17.1. The SMILES string of the molecule is FC(F)Oc1ccc(NC2CCOCC2)cc1. The molecule has 0 unspecified atom stereocenters. The predicted molar refractivity (Wildman–Crippen MR) is 60.5 cm³/mol. The number of halogens is 2. The van der Waals surface area contributed by atoms with E-state index in [0.29, 0.717) is 6.04 Å². The lowest BCUT2D eigenvalue weighted by atomic mass is 10.1. The Kier molecular flexibility index (Phi) is 4.14. The lowest BCUT2D eigenvalue weighted by Crippen LogP contribution is -2.27. The Labute approximate surface area is 98.7 Å². The minimum atomic E-state index is -2.77. The minimum Gasteiger partial charge on any atom is -0.435 e. The zero-order valence-electron chi connectivity index (χ0n) is 9.36. The molecule has 1 aliphatic rings. The summed E-state index contributed by atoms with van der Waals surface area (Å²) in [4.78, 5) is 0. The lowest BCUT2D eigenvalue weighted by Gasteiger charge is -2.24. The van der Waals surface area contributed by atoms with Gasteiger partial charge in [-0.1, -0.05) is 0 Å². The van der Waals surface area contributed by atoms with E-state index in [9.17, 15) is 8.78 Å². The van der Waals surface area contributed by atoms with E-state index in [1.807, 2.05) is 0 Å². The first-order chi connectivity index (χ1) is 8.24. The minimum absolute atomic E-state index is 0.178. The summed E-state index contributed by atoms with van der Waals surface area (Å²) in [6.45, 7) is -1.24. The third-order valence-electron chi connectivity index (χ3n) is 2.67. The smallest absolute Gasteiger partial charge is 0.387 e. The molecule has 1 aromatic carbocycles. The van der Waals surface area contributed by atoms with Crippen molar-refractivity contribution in [2.24, 2.45) is 0 Å². The van der Waals surface area contributed by atoms with E-state index in [-0.39, 0.29) is 5.75 Å². The van der Waals surface area contributed by atoms with Crippen LogP contribution in [0.1, 0.15) is 12.8 Å². The molecule has 0 bridgehead atoms. The number of benzene rings is 1. The van der Waals surface area contributed by atoms with Crippen molar-refractivity contribution in [2.75, 3.05) is 18.5 Å². The van der Waals surface area contributed by atoms with Crippen LogP contribution >= 0.6 is 0 Å². The molecule has 1 saturated heterocycles. The number of hydrogen-bond acceptors (Lipinski definition) is 3. The van der Waals surface area contributed by atoms with Gasteiger partial charge in [-0.05, 0) is 37.1 Å². The average molecular weight is 243 g/mol. The van der Waals surface area contributed by atoms with Gasteiger partial charge in [0.25, 0.3) is 0 Å². The number of rotatable bonds is 4. The summed E-state index contributed by atoms with van der Waals surface area (Å²) >= 11 is 0. The molecular weight excluding hydrogens is 228 g/mol. The number of alkyl halides is 2. The summed E-state index contributed by atoms with van der Waals surface area (Å²) in [7, 11) is 0. The van der Waals surface area contributed by atoms with Gasteiger partial charge < -0.3 is 14.8 Å². The van der Waals surface area contributed by atoms with Crippen molar-refractivity contribution in [3.63, 3.8) is 0 Å². The Morgan fingerprint density at radius 3 is 2.41 bits per heavy atom. The molecule has 0 amide bonds. The molecule has 0 radical (unpaired) electrons. The van der Waals surface area contributed by atoms with Gasteiger partial charge in [0.2, 0.25) is 0 Å². The number of hydrogen-bond donors (Lipinski definition) is 1. The fraction of sp³-hybridized carbons (Fsp3) is 0.500. The maximum absolute atomic E-state index is 11.9. The lowest BCUT2D eigenvalue weighted by molar-refractivity contribution is -0.0498. The van der Waals surface area contributed by atoms with Crippen LogP contribution in [-0.2, 0) is 4.74 Å². The third kappa shape index (κ3) is 3.85. The van der Waals surface area contributed by atoms with E-state index in [1.165, 1.54) is 12.1 Å². The maximum atomic E-state index is 11.9. The van der Waals surface area contributed by atoms with Crippen molar-refractivity contribution in [3.8, 4) is 5.75 Å². The fourth-order valence-corrected chi connectivity index (χ4v) is 1.81. The molecular formula is C12H15F2NO2. The topological polar surface area (TPSA) is 30.5 Å². The number of ether oxygens (including phenoxy) is 2. The molecule has 1 aromatic rings. The molecule has 3 nitrogen and oxygen atoms in total. The molecule has 1 fully saturated rings. The van der Waals surface area contributed by atoms with Crippen LogP contribution in [-0.4, -0.2) is 25.9 Å².